The average Bonchev–Trinajstić information content (AvgIpc) is 3.15. The predicted octanol–water partition coefficient (Wildman–Crippen LogP) is 2.63. The van der Waals surface area contributed by atoms with Crippen LogP contribution in [-0.4, -0.2) is 22.2 Å². The third-order valence-corrected chi connectivity index (χ3v) is 4.46. The molecule has 1 aromatic heterocycles. The first-order valence-electron chi connectivity index (χ1n) is 7.43. The monoisotopic (exact) mass is 298 g/mol. The number of allylic oxidation sites excluding steroid dienone is 3. The number of anilines is 1. The second-order valence-corrected chi connectivity index (χ2v) is 6.10. The fourth-order valence-electron chi connectivity index (χ4n) is 3.35. The molecule has 5 nitrogen and oxygen atoms in total. The largest absolute Gasteiger partial charge is 0.455 e. The van der Waals surface area contributed by atoms with Crippen LogP contribution < -0.4 is 4.90 Å². The van der Waals surface area contributed by atoms with Crippen LogP contribution in [0.3, 0.4) is 0 Å². The normalized spacial score (nSPS) is 30.0. The average molecular weight is 298 g/mol. The molecule has 3 heterocycles. The van der Waals surface area contributed by atoms with Crippen LogP contribution >= 0.6 is 0 Å². The van der Waals surface area contributed by atoms with Crippen molar-refractivity contribution < 1.29 is 14.6 Å². The number of β-amino-alcohol motifs (C(OH)–C–C–N with tert-alkyl or cyclic N) is 1. The number of pyridine rings is 1. The highest BCUT2D eigenvalue weighted by Gasteiger charge is 2.45. The van der Waals surface area contributed by atoms with Crippen molar-refractivity contribution in [2.75, 3.05) is 11.4 Å². The summed E-state index contributed by atoms with van der Waals surface area (Å²) in [5, 5.41) is 10.7. The zero-order chi connectivity index (χ0) is 15.2. The van der Waals surface area contributed by atoms with E-state index in [1.807, 2.05) is 25.3 Å². The van der Waals surface area contributed by atoms with Gasteiger partial charge in [-0.15, -0.1) is 0 Å². The molecular weight excluding hydrogens is 280 g/mol. The molecule has 1 aliphatic carbocycles. The molecule has 1 unspecified atom stereocenters. The van der Waals surface area contributed by atoms with Crippen LogP contribution in [0.2, 0.25) is 0 Å². The van der Waals surface area contributed by atoms with Gasteiger partial charge in [-0.3, -0.25) is 4.98 Å². The number of aliphatic hydroxyl groups is 1. The van der Waals surface area contributed by atoms with Crippen LogP contribution in [0.25, 0.3) is 0 Å². The molecule has 0 amide bonds. The second kappa shape index (κ2) is 4.88. The smallest absolute Gasteiger partial charge is 0.267 e. The number of fused-ring (bicyclic) bond motifs is 1. The molecule has 3 aliphatic rings. The van der Waals surface area contributed by atoms with Crippen LogP contribution in [0.5, 0.6) is 0 Å². The Balaban J connectivity index is 1.68. The lowest BCUT2D eigenvalue weighted by Gasteiger charge is -2.24. The maximum atomic E-state index is 10.7. The highest BCUT2D eigenvalue weighted by atomic mass is 16.7. The molecule has 1 saturated heterocycles. The Hall–Kier alpha value is -2.27. The summed E-state index contributed by atoms with van der Waals surface area (Å²) in [5.41, 5.74) is 2.20. The van der Waals surface area contributed by atoms with Gasteiger partial charge in [0.2, 0.25) is 0 Å². The van der Waals surface area contributed by atoms with Gasteiger partial charge in [-0.2, -0.15) is 0 Å². The molecule has 114 valence electrons. The van der Waals surface area contributed by atoms with Gasteiger partial charge < -0.3 is 19.5 Å². The van der Waals surface area contributed by atoms with Gasteiger partial charge in [-0.25, -0.2) is 0 Å². The van der Waals surface area contributed by atoms with Crippen molar-refractivity contribution in [3.63, 3.8) is 0 Å². The minimum absolute atomic E-state index is 0.127. The number of ether oxygens (including phenoxy) is 2. The maximum Gasteiger partial charge on any atom is 0.267 e. The van der Waals surface area contributed by atoms with E-state index < -0.39 is 11.9 Å². The van der Waals surface area contributed by atoms with E-state index in [2.05, 4.69) is 22.0 Å². The van der Waals surface area contributed by atoms with Gasteiger partial charge >= 0.3 is 0 Å². The van der Waals surface area contributed by atoms with Gasteiger partial charge in [-0.1, -0.05) is 12.2 Å². The Morgan fingerprint density at radius 3 is 2.95 bits per heavy atom. The Labute approximate surface area is 129 Å². The summed E-state index contributed by atoms with van der Waals surface area (Å²) < 4.78 is 10.7. The molecule has 1 fully saturated rings. The van der Waals surface area contributed by atoms with Gasteiger partial charge in [0.05, 0.1) is 29.6 Å². The molecule has 4 rings (SSSR count). The van der Waals surface area contributed by atoms with Crippen molar-refractivity contribution in [3.8, 4) is 0 Å². The van der Waals surface area contributed by atoms with Crippen molar-refractivity contribution in [1.82, 2.24) is 4.98 Å². The fourth-order valence-corrected chi connectivity index (χ4v) is 3.35. The molecule has 0 radical (unpaired) electrons. The summed E-state index contributed by atoms with van der Waals surface area (Å²) in [6, 6.07) is 2.00. The van der Waals surface area contributed by atoms with E-state index in [9.17, 15) is 5.11 Å². The number of hydrogen-bond acceptors (Lipinski definition) is 5. The Bertz CT molecular complexity index is 670. The standard InChI is InChI=1S/C17H18N2O3/c1-17(20)11-19(15-5-3-2-4-14(15)17)13-8-12(9-18-10-13)16-21-6-7-22-16/h2-3,5-10,14,16,20H,4,11H2,1H3/t14?,17-/m0/s1. The van der Waals surface area contributed by atoms with Gasteiger partial charge in [0.15, 0.2) is 0 Å². The summed E-state index contributed by atoms with van der Waals surface area (Å²) in [4.78, 5) is 6.43. The van der Waals surface area contributed by atoms with E-state index in [1.54, 1.807) is 6.20 Å². The van der Waals surface area contributed by atoms with E-state index in [0.717, 1.165) is 23.4 Å². The summed E-state index contributed by atoms with van der Waals surface area (Å²) in [6.07, 6.45) is 13.3. The molecular formula is C17H18N2O3. The third-order valence-electron chi connectivity index (χ3n) is 4.46. The molecule has 22 heavy (non-hydrogen) atoms. The molecule has 2 atom stereocenters. The minimum Gasteiger partial charge on any atom is -0.455 e. The lowest BCUT2D eigenvalue weighted by atomic mass is 9.86. The summed E-state index contributed by atoms with van der Waals surface area (Å²) in [7, 11) is 0. The van der Waals surface area contributed by atoms with Crippen molar-refractivity contribution >= 4 is 5.69 Å². The Kier molecular flexibility index (Phi) is 2.97. The second-order valence-electron chi connectivity index (χ2n) is 6.10. The zero-order valence-electron chi connectivity index (χ0n) is 12.3. The number of nitrogens with zero attached hydrogens (tertiary/aromatic N) is 2. The van der Waals surface area contributed by atoms with Crippen molar-refractivity contribution in [2.24, 2.45) is 5.92 Å². The topological polar surface area (TPSA) is 54.8 Å². The van der Waals surface area contributed by atoms with E-state index in [1.165, 1.54) is 12.5 Å². The van der Waals surface area contributed by atoms with E-state index >= 15 is 0 Å². The third kappa shape index (κ3) is 2.09. The van der Waals surface area contributed by atoms with Gasteiger partial charge in [0.25, 0.3) is 6.29 Å². The number of hydrogen-bond donors (Lipinski definition) is 1. The Morgan fingerprint density at radius 1 is 1.32 bits per heavy atom. The molecule has 0 spiro atoms. The van der Waals surface area contributed by atoms with Gasteiger partial charge in [-0.05, 0) is 25.5 Å². The molecule has 1 aromatic rings. The van der Waals surface area contributed by atoms with Gasteiger partial charge in [0.1, 0.15) is 12.5 Å². The highest BCUT2D eigenvalue weighted by molar-refractivity contribution is 5.57. The molecule has 1 N–H and O–H groups in total. The highest BCUT2D eigenvalue weighted by Crippen LogP contribution is 2.43. The van der Waals surface area contributed by atoms with Crippen molar-refractivity contribution in [3.05, 3.63) is 60.5 Å². The molecule has 5 heteroatoms. The minimum atomic E-state index is -0.742. The SMILES string of the molecule is C[C@]1(O)CN(c2cncc(C3OC=CO3)c2)C2=CC=CCC21. The summed E-state index contributed by atoms with van der Waals surface area (Å²) in [5.74, 6) is 0.127. The maximum absolute atomic E-state index is 10.7. The van der Waals surface area contributed by atoms with Crippen LogP contribution in [0.1, 0.15) is 25.2 Å². The fraction of sp³-hybridized carbons (Fsp3) is 0.353. The number of rotatable bonds is 2. The predicted molar refractivity (Wildman–Crippen MR) is 81.6 cm³/mol. The van der Waals surface area contributed by atoms with Crippen LogP contribution in [0.15, 0.2) is 54.9 Å². The Morgan fingerprint density at radius 2 is 2.14 bits per heavy atom. The zero-order valence-corrected chi connectivity index (χ0v) is 12.3. The van der Waals surface area contributed by atoms with Crippen LogP contribution in [0.4, 0.5) is 5.69 Å². The quantitative estimate of drug-likeness (QED) is 0.909. The lowest BCUT2D eigenvalue weighted by Crippen LogP contribution is -2.34. The summed E-state index contributed by atoms with van der Waals surface area (Å²) >= 11 is 0. The van der Waals surface area contributed by atoms with E-state index in [4.69, 9.17) is 9.47 Å². The number of aromatic nitrogens is 1. The van der Waals surface area contributed by atoms with Crippen molar-refractivity contribution in [2.45, 2.75) is 25.2 Å². The first kappa shape index (κ1) is 13.4. The van der Waals surface area contributed by atoms with Crippen LogP contribution in [0, 0.1) is 5.92 Å². The first-order valence-corrected chi connectivity index (χ1v) is 7.43. The molecule has 0 bridgehead atoms. The molecule has 2 aliphatic heterocycles. The summed E-state index contributed by atoms with van der Waals surface area (Å²) in [6.45, 7) is 2.45. The van der Waals surface area contributed by atoms with Crippen LogP contribution in [-0.2, 0) is 9.47 Å². The lowest BCUT2D eigenvalue weighted by molar-refractivity contribution is -0.0248. The van der Waals surface area contributed by atoms with E-state index in [0.29, 0.717) is 6.54 Å². The molecule has 0 aromatic carbocycles. The van der Waals surface area contributed by atoms with E-state index in [-0.39, 0.29) is 5.92 Å². The van der Waals surface area contributed by atoms with Gasteiger partial charge in [0, 0.05) is 17.8 Å². The molecule has 0 saturated carbocycles. The van der Waals surface area contributed by atoms with Crippen molar-refractivity contribution in [1.29, 1.82) is 0 Å². The first-order chi connectivity index (χ1) is 10.6.